The third-order valence-corrected chi connectivity index (χ3v) is 4.48. The maximum Gasteiger partial charge on any atom is 0.240 e. The second kappa shape index (κ2) is 11.2. The number of phenols is 1. The summed E-state index contributed by atoms with van der Waals surface area (Å²) in [6, 6.07) is 6.87. The van der Waals surface area contributed by atoms with Crippen molar-refractivity contribution < 1.29 is 36.1 Å². The smallest absolute Gasteiger partial charge is 0.240 e. The number of ether oxygens (including phenoxy) is 1. The van der Waals surface area contributed by atoms with Crippen LogP contribution in [0.4, 0.5) is 0 Å². The van der Waals surface area contributed by atoms with Gasteiger partial charge in [-0.05, 0) is 31.4 Å². The van der Waals surface area contributed by atoms with Gasteiger partial charge in [0, 0.05) is 12.0 Å². The predicted octanol–water partition coefficient (Wildman–Crippen LogP) is -1.12. The average molecular weight is 414 g/mol. The largest absolute Gasteiger partial charge is 1.00 e. The number of hydrogen-bond donors (Lipinski definition) is 2. The molecule has 6 nitrogen and oxygen atoms in total. The van der Waals surface area contributed by atoms with E-state index >= 15 is 0 Å². The molecule has 2 rings (SSSR count). The molecular formula is C18H28BrN3O3. The Morgan fingerprint density at radius 2 is 2.00 bits per heavy atom. The maximum absolute atomic E-state index is 11.7. The van der Waals surface area contributed by atoms with Crippen LogP contribution in [0.1, 0.15) is 31.2 Å². The maximum atomic E-state index is 11.7. The number of nitrogens with zero attached hydrogens (tertiary/aromatic N) is 2. The van der Waals surface area contributed by atoms with E-state index in [9.17, 15) is 9.90 Å². The zero-order chi connectivity index (χ0) is 17.3. The molecular weight excluding hydrogens is 386 g/mol. The molecule has 7 heteroatoms. The van der Waals surface area contributed by atoms with Crippen molar-refractivity contribution in [2.45, 2.75) is 25.7 Å². The van der Waals surface area contributed by atoms with E-state index in [0.717, 1.165) is 56.6 Å². The Labute approximate surface area is 160 Å². The van der Waals surface area contributed by atoms with Crippen LogP contribution >= 0.6 is 0 Å². The fourth-order valence-corrected chi connectivity index (χ4v) is 2.79. The summed E-state index contributed by atoms with van der Waals surface area (Å²) in [7, 11) is 2.28. The minimum atomic E-state index is -0.0894. The number of unbranched alkanes of at least 4 members (excludes halogenated alkanes) is 2. The third-order valence-electron chi connectivity index (χ3n) is 4.48. The number of carbonyl (C=O) groups is 1. The number of amides is 1. The van der Waals surface area contributed by atoms with Gasteiger partial charge in [0.1, 0.15) is 18.8 Å². The van der Waals surface area contributed by atoms with E-state index < -0.39 is 0 Å². The molecule has 0 spiro atoms. The number of rotatable bonds is 8. The highest BCUT2D eigenvalue weighted by Gasteiger charge is 2.24. The fourth-order valence-electron chi connectivity index (χ4n) is 2.79. The molecule has 1 saturated heterocycles. The molecule has 1 aliphatic rings. The number of phenolic OH excluding ortho intramolecular Hbond substituents is 1. The predicted molar refractivity (Wildman–Crippen MR) is 93.9 cm³/mol. The minimum absolute atomic E-state index is 0. The number of para-hydroxylation sites is 1. The lowest BCUT2D eigenvalue weighted by Crippen LogP contribution is -3.00. The van der Waals surface area contributed by atoms with Crippen molar-refractivity contribution in [1.29, 1.82) is 0 Å². The molecule has 25 heavy (non-hydrogen) atoms. The molecule has 1 fully saturated rings. The van der Waals surface area contributed by atoms with Gasteiger partial charge < -0.3 is 31.3 Å². The van der Waals surface area contributed by atoms with Crippen LogP contribution in [0, 0.1) is 0 Å². The first-order valence-electron chi connectivity index (χ1n) is 8.60. The number of hydrazone groups is 1. The van der Waals surface area contributed by atoms with Crippen LogP contribution in [0.5, 0.6) is 5.75 Å². The summed E-state index contributed by atoms with van der Waals surface area (Å²) in [5.74, 6) is 0.0590. The van der Waals surface area contributed by atoms with Crippen LogP contribution in [0.15, 0.2) is 29.4 Å². The Bertz CT molecular complexity index is 560. The summed E-state index contributed by atoms with van der Waals surface area (Å²) in [5, 5.41) is 13.5. The summed E-state index contributed by atoms with van der Waals surface area (Å²) in [6.07, 6.45) is 4.98. The Balaban J connectivity index is 0.00000312. The summed E-state index contributed by atoms with van der Waals surface area (Å²) in [5.41, 5.74) is 3.09. The summed E-state index contributed by atoms with van der Waals surface area (Å²) >= 11 is 0. The highest BCUT2D eigenvalue weighted by molar-refractivity contribution is 5.84. The summed E-state index contributed by atoms with van der Waals surface area (Å²) in [6.45, 7) is 5.03. The van der Waals surface area contributed by atoms with Crippen LogP contribution in [-0.4, -0.2) is 61.6 Å². The first kappa shape index (κ1) is 21.6. The second-order valence-electron chi connectivity index (χ2n) is 6.57. The van der Waals surface area contributed by atoms with Crippen molar-refractivity contribution in [3.05, 3.63) is 29.8 Å². The van der Waals surface area contributed by atoms with Gasteiger partial charge in [0.25, 0.3) is 0 Å². The lowest BCUT2D eigenvalue weighted by molar-refractivity contribution is -0.917. The zero-order valence-electron chi connectivity index (χ0n) is 14.8. The number of nitrogens with one attached hydrogen (secondary N) is 1. The Morgan fingerprint density at radius 1 is 1.28 bits per heavy atom. The van der Waals surface area contributed by atoms with Crippen LogP contribution in [0.2, 0.25) is 0 Å². The zero-order valence-corrected chi connectivity index (χ0v) is 16.4. The monoisotopic (exact) mass is 413 g/mol. The van der Waals surface area contributed by atoms with Crippen LogP contribution in [0.3, 0.4) is 0 Å². The van der Waals surface area contributed by atoms with Crippen molar-refractivity contribution in [3.63, 3.8) is 0 Å². The first-order chi connectivity index (χ1) is 11.6. The first-order valence-corrected chi connectivity index (χ1v) is 8.60. The number of morpholine rings is 1. The highest BCUT2D eigenvalue weighted by Crippen LogP contribution is 2.13. The average Bonchev–Trinajstić information content (AvgIpc) is 2.57. The molecule has 1 aromatic carbocycles. The number of benzene rings is 1. The SMILES string of the molecule is C[N+]1(CCCCCC(=O)N/N=C/c2ccccc2O)CCOCC1.[Br-]. The van der Waals surface area contributed by atoms with Crippen LogP contribution in [0.25, 0.3) is 0 Å². The molecule has 0 aromatic heterocycles. The number of halogens is 1. The van der Waals surface area contributed by atoms with E-state index in [1.807, 2.05) is 0 Å². The van der Waals surface area contributed by atoms with E-state index in [1.165, 1.54) is 6.21 Å². The Kier molecular flexibility index (Phi) is 9.70. The molecule has 0 unspecified atom stereocenters. The molecule has 1 amide bonds. The van der Waals surface area contributed by atoms with Crippen LogP contribution in [-0.2, 0) is 9.53 Å². The number of aromatic hydroxyl groups is 1. The molecule has 0 radical (unpaired) electrons. The van der Waals surface area contributed by atoms with E-state index in [0.29, 0.717) is 12.0 Å². The molecule has 0 saturated carbocycles. The van der Waals surface area contributed by atoms with Gasteiger partial charge in [0.15, 0.2) is 0 Å². The van der Waals surface area contributed by atoms with Crippen molar-refractivity contribution >= 4 is 12.1 Å². The fraction of sp³-hybridized carbons (Fsp3) is 0.556. The third kappa shape index (κ3) is 7.98. The molecule has 0 bridgehead atoms. The summed E-state index contributed by atoms with van der Waals surface area (Å²) in [4.78, 5) is 11.7. The molecule has 2 N–H and O–H groups in total. The van der Waals surface area contributed by atoms with E-state index in [-0.39, 0.29) is 28.6 Å². The lowest BCUT2D eigenvalue weighted by atomic mass is 10.1. The quantitative estimate of drug-likeness (QED) is 0.245. The van der Waals surface area contributed by atoms with Gasteiger partial charge >= 0.3 is 0 Å². The van der Waals surface area contributed by atoms with E-state index in [4.69, 9.17) is 4.74 Å². The van der Waals surface area contributed by atoms with Gasteiger partial charge in [-0.2, -0.15) is 5.10 Å². The highest BCUT2D eigenvalue weighted by atomic mass is 79.9. The van der Waals surface area contributed by atoms with E-state index in [2.05, 4.69) is 17.6 Å². The standard InChI is InChI=1S/C18H27N3O3.BrH/c1-21(11-13-24-14-12-21)10-6-2-3-9-18(23)20-19-15-16-7-4-5-8-17(16)22;/h4-5,7-8,15H,2-3,6,9-14H2,1H3,(H-,19,20,22,23);1H. The number of likely N-dealkylation sites (N-methyl/N-ethyl adjacent to an activating group) is 1. The van der Waals surface area contributed by atoms with Crippen molar-refractivity contribution in [2.24, 2.45) is 5.10 Å². The van der Waals surface area contributed by atoms with Gasteiger partial charge in [0.05, 0.1) is 33.0 Å². The normalized spacial score (nSPS) is 16.4. The molecule has 1 aromatic rings. The topological polar surface area (TPSA) is 70.9 Å². The second-order valence-corrected chi connectivity index (χ2v) is 6.57. The van der Waals surface area contributed by atoms with Gasteiger partial charge in [0.2, 0.25) is 5.91 Å². The molecule has 140 valence electrons. The van der Waals surface area contributed by atoms with Gasteiger partial charge in [-0.15, -0.1) is 0 Å². The van der Waals surface area contributed by atoms with Crippen molar-refractivity contribution in [1.82, 2.24) is 5.43 Å². The van der Waals surface area contributed by atoms with Crippen molar-refractivity contribution in [3.8, 4) is 5.75 Å². The van der Waals surface area contributed by atoms with Gasteiger partial charge in [-0.1, -0.05) is 12.1 Å². The van der Waals surface area contributed by atoms with Crippen LogP contribution < -0.4 is 22.4 Å². The van der Waals surface area contributed by atoms with Gasteiger partial charge in [-0.3, -0.25) is 4.79 Å². The summed E-state index contributed by atoms with van der Waals surface area (Å²) < 4.78 is 6.48. The molecule has 1 heterocycles. The Hall–Kier alpha value is -1.44. The van der Waals surface area contributed by atoms with Gasteiger partial charge in [-0.25, -0.2) is 5.43 Å². The van der Waals surface area contributed by atoms with Crippen molar-refractivity contribution in [2.75, 3.05) is 39.9 Å². The molecule has 0 atom stereocenters. The number of carbonyl (C=O) groups excluding carboxylic acids is 1. The Morgan fingerprint density at radius 3 is 2.72 bits per heavy atom. The molecule has 0 aliphatic carbocycles. The lowest BCUT2D eigenvalue weighted by Gasteiger charge is -2.37. The van der Waals surface area contributed by atoms with E-state index in [1.54, 1.807) is 24.3 Å². The number of hydrogen-bond acceptors (Lipinski definition) is 4. The number of quaternary nitrogens is 1. The molecule has 1 aliphatic heterocycles. The minimum Gasteiger partial charge on any atom is -1.00 e.